The Morgan fingerprint density at radius 1 is 0.970 bits per heavy atom. The summed E-state index contributed by atoms with van der Waals surface area (Å²) in [5.41, 5.74) is 0.473. The first-order chi connectivity index (χ1) is 15.6. The van der Waals surface area contributed by atoms with Crippen LogP contribution in [0.1, 0.15) is 91.4 Å². The number of hydrogen-bond donors (Lipinski definition) is 4. The molecule has 6 heteroatoms. The van der Waals surface area contributed by atoms with Gasteiger partial charge < -0.3 is 20.6 Å². The third-order valence-electron chi connectivity index (χ3n) is 10.9. The first-order valence-electron chi connectivity index (χ1n) is 13.4. The number of hydrogen-bond acceptors (Lipinski definition) is 4. The van der Waals surface area contributed by atoms with E-state index >= 15 is 0 Å². The van der Waals surface area contributed by atoms with Crippen LogP contribution in [0.4, 0.5) is 0 Å². The summed E-state index contributed by atoms with van der Waals surface area (Å²) < 4.78 is 0. The highest BCUT2D eigenvalue weighted by atomic mass is 16.4. The Morgan fingerprint density at radius 3 is 2.39 bits per heavy atom. The summed E-state index contributed by atoms with van der Waals surface area (Å²) >= 11 is 0. The molecule has 1 amide bonds. The molecule has 0 aliphatic heterocycles. The van der Waals surface area contributed by atoms with Crippen molar-refractivity contribution >= 4 is 11.9 Å². The fourth-order valence-electron chi connectivity index (χ4n) is 9.13. The van der Waals surface area contributed by atoms with Gasteiger partial charge in [0.05, 0.1) is 18.6 Å². The van der Waals surface area contributed by atoms with Gasteiger partial charge in [0.15, 0.2) is 0 Å². The maximum Gasteiger partial charge on any atom is 0.305 e. The highest BCUT2D eigenvalue weighted by Gasteiger charge is 2.62. The molecule has 5 unspecified atom stereocenters. The topological polar surface area (TPSA) is 107 Å². The molecule has 0 saturated heterocycles. The normalized spacial score (nSPS) is 45.4. The molecule has 0 bridgehead atoms. The van der Waals surface area contributed by atoms with Crippen LogP contribution in [0.3, 0.4) is 0 Å². The van der Waals surface area contributed by atoms with E-state index in [1.54, 1.807) is 0 Å². The number of carboxylic acid groups (broad SMARTS) is 1. The zero-order valence-electron chi connectivity index (χ0n) is 20.8. The number of carboxylic acids is 1. The highest BCUT2D eigenvalue weighted by Crippen LogP contribution is 2.68. The van der Waals surface area contributed by atoms with Crippen molar-refractivity contribution in [1.29, 1.82) is 0 Å². The maximum absolute atomic E-state index is 12.2. The van der Waals surface area contributed by atoms with E-state index in [2.05, 4.69) is 26.1 Å². The number of fused-ring (bicyclic) bond motifs is 5. The summed E-state index contributed by atoms with van der Waals surface area (Å²) in [7, 11) is 0. The molecule has 0 aromatic heterocycles. The van der Waals surface area contributed by atoms with E-state index in [0.29, 0.717) is 41.9 Å². The van der Waals surface area contributed by atoms with Gasteiger partial charge in [0.1, 0.15) is 0 Å². The average molecular weight is 464 g/mol. The van der Waals surface area contributed by atoms with Crippen molar-refractivity contribution in [3.63, 3.8) is 0 Å². The van der Waals surface area contributed by atoms with Crippen molar-refractivity contribution in [2.24, 2.45) is 46.3 Å². The first kappa shape index (κ1) is 25.0. The van der Waals surface area contributed by atoms with Crippen molar-refractivity contribution in [3.8, 4) is 0 Å². The summed E-state index contributed by atoms with van der Waals surface area (Å²) in [5, 5.41) is 33.1. The van der Waals surface area contributed by atoms with Crippen LogP contribution >= 0.6 is 0 Å². The molecular formula is C27H45NO5. The number of aliphatic hydroxyl groups excluding tert-OH is 2. The number of aliphatic carboxylic acids is 1. The number of rotatable bonds is 7. The molecule has 4 N–H and O–H groups in total. The Balaban J connectivity index is 1.40. The van der Waals surface area contributed by atoms with E-state index in [1.165, 1.54) is 25.7 Å². The van der Waals surface area contributed by atoms with Gasteiger partial charge in [-0.2, -0.15) is 0 Å². The monoisotopic (exact) mass is 463 g/mol. The van der Waals surface area contributed by atoms with Crippen LogP contribution in [0.2, 0.25) is 0 Å². The first-order valence-corrected chi connectivity index (χ1v) is 13.4. The van der Waals surface area contributed by atoms with E-state index in [0.717, 1.165) is 32.1 Å². The minimum absolute atomic E-state index is 0.0344. The van der Waals surface area contributed by atoms with Gasteiger partial charge in [-0.05, 0) is 104 Å². The van der Waals surface area contributed by atoms with E-state index < -0.39 is 5.97 Å². The molecule has 33 heavy (non-hydrogen) atoms. The summed E-state index contributed by atoms with van der Waals surface area (Å²) in [6.45, 7) is 7.39. The predicted octanol–water partition coefficient (Wildman–Crippen LogP) is 3.98. The maximum atomic E-state index is 12.2. The van der Waals surface area contributed by atoms with Gasteiger partial charge in [-0.3, -0.25) is 9.59 Å². The van der Waals surface area contributed by atoms with Gasteiger partial charge in [-0.25, -0.2) is 0 Å². The molecule has 10 atom stereocenters. The minimum Gasteiger partial charge on any atom is -0.481 e. The van der Waals surface area contributed by atoms with Crippen LogP contribution in [0.5, 0.6) is 0 Å². The van der Waals surface area contributed by atoms with Crippen molar-refractivity contribution in [3.05, 3.63) is 0 Å². The number of carbonyl (C=O) groups is 2. The quantitative estimate of drug-likeness (QED) is 0.457. The molecule has 0 heterocycles. The SMILES string of the molecule is CC(CCC(=O)NCCC(=O)O)C1CCC2C3C(CC[C@]12C)[C@@]1(C)CC[C@@H](O)C[C@H]1C[C@@H]3O. The Morgan fingerprint density at radius 2 is 1.67 bits per heavy atom. The average Bonchev–Trinajstić information content (AvgIpc) is 3.10. The number of aliphatic hydroxyl groups is 2. The minimum atomic E-state index is -0.890. The molecule has 188 valence electrons. The van der Waals surface area contributed by atoms with Crippen molar-refractivity contribution in [2.45, 2.75) is 104 Å². The van der Waals surface area contributed by atoms with Crippen LogP contribution in [-0.4, -0.2) is 45.9 Å². The summed E-state index contributed by atoms with van der Waals surface area (Å²) in [5.74, 6) is 2.00. The Labute approximate surface area is 198 Å². The third-order valence-corrected chi connectivity index (χ3v) is 10.9. The molecule has 0 aromatic rings. The van der Waals surface area contributed by atoms with Crippen LogP contribution in [-0.2, 0) is 9.59 Å². The van der Waals surface area contributed by atoms with Crippen LogP contribution in [0, 0.1) is 46.3 Å². The van der Waals surface area contributed by atoms with Crippen LogP contribution < -0.4 is 5.32 Å². The molecule has 0 aromatic carbocycles. The molecule has 4 fully saturated rings. The Bertz CT molecular complexity index is 742. The zero-order chi connectivity index (χ0) is 24.0. The fourth-order valence-corrected chi connectivity index (χ4v) is 9.13. The zero-order valence-corrected chi connectivity index (χ0v) is 20.8. The van der Waals surface area contributed by atoms with Gasteiger partial charge in [0.2, 0.25) is 5.91 Å². The van der Waals surface area contributed by atoms with Gasteiger partial charge in [0.25, 0.3) is 0 Å². The highest BCUT2D eigenvalue weighted by molar-refractivity contribution is 5.76. The Kier molecular flexibility index (Phi) is 7.18. The summed E-state index contributed by atoms with van der Waals surface area (Å²) in [4.78, 5) is 22.8. The second-order valence-corrected chi connectivity index (χ2v) is 12.5. The fraction of sp³-hybridized carbons (Fsp3) is 0.926. The van der Waals surface area contributed by atoms with Crippen molar-refractivity contribution in [2.75, 3.05) is 6.54 Å². The number of carbonyl (C=O) groups excluding carboxylic acids is 1. The molecule has 4 saturated carbocycles. The second kappa shape index (κ2) is 9.49. The largest absolute Gasteiger partial charge is 0.481 e. The number of amides is 1. The lowest BCUT2D eigenvalue weighted by molar-refractivity contribution is -0.174. The van der Waals surface area contributed by atoms with Gasteiger partial charge in [-0.1, -0.05) is 20.8 Å². The van der Waals surface area contributed by atoms with E-state index in [4.69, 9.17) is 5.11 Å². The molecule has 4 rings (SSSR count). The van der Waals surface area contributed by atoms with Gasteiger partial charge in [0, 0.05) is 13.0 Å². The Hall–Kier alpha value is -1.14. The molecule has 0 radical (unpaired) electrons. The van der Waals surface area contributed by atoms with Crippen molar-refractivity contribution < 1.29 is 24.9 Å². The van der Waals surface area contributed by atoms with E-state index in [-0.39, 0.29) is 41.9 Å². The smallest absolute Gasteiger partial charge is 0.305 e. The lowest BCUT2D eigenvalue weighted by Gasteiger charge is -2.62. The van der Waals surface area contributed by atoms with Crippen LogP contribution in [0.15, 0.2) is 0 Å². The third kappa shape index (κ3) is 4.59. The molecule has 4 aliphatic rings. The molecule has 6 nitrogen and oxygen atoms in total. The lowest BCUT2D eigenvalue weighted by atomic mass is 9.43. The molecular weight excluding hydrogens is 418 g/mol. The summed E-state index contributed by atoms with van der Waals surface area (Å²) in [6.07, 6.45) is 9.24. The number of nitrogens with one attached hydrogen (secondary N) is 1. The summed E-state index contributed by atoms with van der Waals surface area (Å²) in [6, 6.07) is 0. The molecule has 4 aliphatic carbocycles. The van der Waals surface area contributed by atoms with E-state index in [1.807, 2.05) is 0 Å². The molecule has 0 spiro atoms. The second-order valence-electron chi connectivity index (χ2n) is 12.5. The lowest BCUT2D eigenvalue weighted by Crippen LogP contribution is -2.58. The van der Waals surface area contributed by atoms with Crippen molar-refractivity contribution in [1.82, 2.24) is 5.32 Å². The van der Waals surface area contributed by atoms with Gasteiger partial charge in [-0.15, -0.1) is 0 Å². The van der Waals surface area contributed by atoms with Crippen LogP contribution in [0.25, 0.3) is 0 Å². The predicted molar refractivity (Wildman–Crippen MR) is 126 cm³/mol. The van der Waals surface area contributed by atoms with E-state index in [9.17, 15) is 19.8 Å². The standard InChI is InChI=1S/C27H45NO5/c1-16(4-7-23(31)28-13-10-24(32)33)19-5-6-20-25-21(9-12-27(19,20)3)26(2)11-8-18(29)14-17(26)15-22(25)30/h16-22,25,29-30H,4-15H2,1-3H3,(H,28,31)(H,32,33)/t16?,17-,18+,19?,20?,21?,22-,25?,26-,27+/m0/s1. The van der Waals surface area contributed by atoms with Gasteiger partial charge >= 0.3 is 5.97 Å².